The number of nitrogens with one attached hydrogen (secondary N) is 1. The van der Waals surface area contributed by atoms with Crippen molar-refractivity contribution in [2.24, 2.45) is 0 Å². The Hall–Kier alpha value is -1.64. The molecule has 3 nitrogen and oxygen atoms in total. The number of fused-ring (bicyclic) bond motifs is 2. The van der Waals surface area contributed by atoms with Crippen molar-refractivity contribution in [3.8, 4) is 10.1 Å². The molecule has 0 bridgehead atoms. The third-order valence-electron chi connectivity index (χ3n) is 2.40. The second-order valence-corrected chi connectivity index (χ2v) is 5.90. The molecule has 0 saturated heterocycles. The summed E-state index contributed by atoms with van der Waals surface area (Å²) in [6, 6.07) is 11.4. The monoisotopic (exact) mass is 275 g/mol. The summed E-state index contributed by atoms with van der Waals surface area (Å²) in [4.78, 5) is 4.57. The van der Waals surface area contributed by atoms with Crippen LogP contribution < -0.4 is 11.1 Å². The van der Waals surface area contributed by atoms with E-state index < -0.39 is 0 Å². The zero-order chi connectivity index (χ0) is 11.1. The third-order valence-corrected chi connectivity index (χ3v) is 4.70. The summed E-state index contributed by atoms with van der Waals surface area (Å²) in [6.07, 6.45) is 0. The summed E-state index contributed by atoms with van der Waals surface area (Å²) in [6.45, 7) is 0. The Morgan fingerprint density at radius 1 is 1.12 bits per heavy atom. The average Bonchev–Trinajstić information content (AvgIpc) is 2.26. The van der Waals surface area contributed by atoms with Gasteiger partial charge in [-0.05, 0) is 0 Å². The number of hydrogen-bond donors (Lipinski definition) is 2. The first-order valence-corrected chi connectivity index (χ1v) is 6.58. The van der Waals surface area contributed by atoms with Crippen molar-refractivity contribution in [2.45, 2.75) is 0 Å². The molecule has 1 aromatic rings. The van der Waals surface area contributed by atoms with E-state index in [4.69, 9.17) is 11.1 Å². The van der Waals surface area contributed by atoms with Crippen LogP contribution in [0.3, 0.4) is 0 Å². The fourth-order valence-electron chi connectivity index (χ4n) is 1.64. The van der Waals surface area contributed by atoms with Crippen molar-refractivity contribution in [2.75, 3.05) is 5.73 Å². The van der Waals surface area contributed by atoms with E-state index in [1.165, 1.54) is 4.26 Å². The summed E-state index contributed by atoms with van der Waals surface area (Å²) in [5.74, 6) is 0. The van der Waals surface area contributed by atoms with E-state index in [1.54, 1.807) is 6.07 Å². The third kappa shape index (κ3) is 1.52. The van der Waals surface area contributed by atoms with Crippen molar-refractivity contribution < 1.29 is 0 Å². The number of benzene rings is 2. The fourth-order valence-corrected chi connectivity index (χ4v) is 3.85. The fraction of sp³-hybridized carbons (Fsp3) is 0. The summed E-state index contributed by atoms with van der Waals surface area (Å²) in [5.41, 5.74) is 8.55. The standard InChI is InChI=1S/C12H9N3Se/c13-7-1-3-9-11(5-7)16-12-6-8(14)2-4-10(12)15-9/h1-6,13H,14H2. The van der Waals surface area contributed by atoms with Crippen LogP contribution in [0.15, 0.2) is 36.4 Å². The molecule has 78 valence electrons. The van der Waals surface area contributed by atoms with Gasteiger partial charge in [0.05, 0.1) is 0 Å². The summed E-state index contributed by atoms with van der Waals surface area (Å²) >= 11 is 0.207. The predicted molar refractivity (Wildman–Crippen MR) is 65.6 cm³/mol. The van der Waals surface area contributed by atoms with Gasteiger partial charge in [-0.15, -0.1) is 0 Å². The minimum absolute atomic E-state index is 0.207. The number of anilines is 1. The molecule has 4 heteroatoms. The van der Waals surface area contributed by atoms with Crippen LogP contribution in [0.2, 0.25) is 0 Å². The topological polar surface area (TPSA) is 62.8 Å². The number of nitrogen functional groups attached to an aromatic ring is 1. The van der Waals surface area contributed by atoms with Gasteiger partial charge < -0.3 is 0 Å². The van der Waals surface area contributed by atoms with Crippen LogP contribution in [0.1, 0.15) is 0 Å². The molecule has 16 heavy (non-hydrogen) atoms. The van der Waals surface area contributed by atoms with Crippen molar-refractivity contribution >= 4 is 30.0 Å². The first kappa shape index (κ1) is 9.58. The van der Waals surface area contributed by atoms with Crippen molar-refractivity contribution in [3.63, 3.8) is 0 Å². The van der Waals surface area contributed by atoms with Gasteiger partial charge in [-0.3, -0.25) is 0 Å². The van der Waals surface area contributed by atoms with Crippen molar-refractivity contribution in [1.29, 1.82) is 5.41 Å². The molecule has 1 aromatic carbocycles. The Kier molecular flexibility index (Phi) is 2.06. The molecule has 0 radical (unpaired) electrons. The second kappa shape index (κ2) is 3.44. The zero-order valence-corrected chi connectivity index (χ0v) is 10.1. The molecule has 0 unspecified atom stereocenters. The quantitative estimate of drug-likeness (QED) is 0.370. The molecule has 0 amide bonds. The molecule has 1 heterocycles. The van der Waals surface area contributed by atoms with E-state index in [-0.39, 0.29) is 14.5 Å². The van der Waals surface area contributed by atoms with E-state index in [0.29, 0.717) is 5.36 Å². The SMILES string of the molecule is N=c1ccc2nc3ccc(N)cc3[se]c-2c1. The van der Waals surface area contributed by atoms with Crippen molar-refractivity contribution in [3.05, 3.63) is 41.8 Å². The first-order chi connectivity index (χ1) is 7.72. The van der Waals surface area contributed by atoms with Gasteiger partial charge in [0.15, 0.2) is 0 Å². The molecule has 1 aliphatic heterocycles. The zero-order valence-electron chi connectivity index (χ0n) is 8.40. The molecular weight excluding hydrogens is 265 g/mol. The Morgan fingerprint density at radius 3 is 2.88 bits per heavy atom. The van der Waals surface area contributed by atoms with Gasteiger partial charge in [-0.1, -0.05) is 0 Å². The number of nitrogens with two attached hydrogens (primary N) is 1. The Labute approximate surface area is 98.2 Å². The number of nitrogens with zero attached hydrogens (tertiary/aromatic N) is 1. The van der Waals surface area contributed by atoms with Crippen LogP contribution in [0, 0.1) is 5.41 Å². The van der Waals surface area contributed by atoms with Gasteiger partial charge in [0.1, 0.15) is 0 Å². The average molecular weight is 274 g/mol. The summed E-state index contributed by atoms with van der Waals surface area (Å²) in [7, 11) is 0. The van der Waals surface area contributed by atoms with Gasteiger partial charge in [-0.2, -0.15) is 0 Å². The number of rotatable bonds is 0. The Bertz CT molecular complexity index is 702. The summed E-state index contributed by atoms with van der Waals surface area (Å²) in [5, 5.41) is 8.15. The van der Waals surface area contributed by atoms with Gasteiger partial charge in [0, 0.05) is 0 Å². The Balaban J connectivity index is 2.46. The maximum atomic E-state index is 7.60. The van der Waals surface area contributed by atoms with Crippen molar-refractivity contribution in [1.82, 2.24) is 4.98 Å². The van der Waals surface area contributed by atoms with Crippen LogP contribution in [-0.2, 0) is 0 Å². The van der Waals surface area contributed by atoms with Crippen LogP contribution in [-0.4, -0.2) is 19.5 Å². The van der Waals surface area contributed by atoms with Gasteiger partial charge in [0.2, 0.25) is 0 Å². The van der Waals surface area contributed by atoms with Crippen LogP contribution in [0.25, 0.3) is 19.9 Å². The van der Waals surface area contributed by atoms with E-state index in [0.717, 1.165) is 21.3 Å². The maximum absolute atomic E-state index is 7.60. The Morgan fingerprint density at radius 2 is 2.00 bits per heavy atom. The van der Waals surface area contributed by atoms with E-state index in [9.17, 15) is 0 Å². The number of aromatic nitrogens is 1. The molecule has 3 rings (SSSR count). The molecule has 1 aliphatic carbocycles. The molecule has 0 atom stereocenters. The van der Waals surface area contributed by atoms with Crippen LogP contribution in [0.5, 0.6) is 0 Å². The molecule has 0 spiro atoms. The van der Waals surface area contributed by atoms with E-state index >= 15 is 0 Å². The molecule has 0 fully saturated rings. The van der Waals surface area contributed by atoms with Gasteiger partial charge in [-0.25, -0.2) is 0 Å². The van der Waals surface area contributed by atoms with Crippen LogP contribution >= 0.6 is 0 Å². The molecule has 3 N–H and O–H groups in total. The minimum atomic E-state index is 0.207. The molecule has 2 aliphatic rings. The predicted octanol–water partition coefficient (Wildman–Crippen LogP) is 1.46. The summed E-state index contributed by atoms with van der Waals surface area (Å²) < 4.78 is 2.36. The van der Waals surface area contributed by atoms with E-state index in [1.807, 2.05) is 30.3 Å². The molecule has 0 saturated carbocycles. The molecule has 0 aromatic heterocycles. The van der Waals surface area contributed by atoms with Gasteiger partial charge >= 0.3 is 98.0 Å². The number of hydrogen-bond acceptors (Lipinski definition) is 3. The van der Waals surface area contributed by atoms with Gasteiger partial charge in [0.25, 0.3) is 0 Å². The van der Waals surface area contributed by atoms with E-state index in [2.05, 4.69) is 4.98 Å². The normalized spacial score (nSPS) is 11.0. The first-order valence-electron chi connectivity index (χ1n) is 4.87. The van der Waals surface area contributed by atoms with Crippen LogP contribution in [0.4, 0.5) is 5.69 Å². The molecular formula is C12H9N3Se. The second-order valence-electron chi connectivity index (χ2n) is 3.62.